The van der Waals surface area contributed by atoms with Crippen LogP contribution in [0.25, 0.3) is 11.1 Å². The van der Waals surface area contributed by atoms with E-state index in [4.69, 9.17) is 4.74 Å². The summed E-state index contributed by atoms with van der Waals surface area (Å²) in [6, 6.07) is 23.8. The van der Waals surface area contributed by atoms with Crippen molar-refractivity contribution >= 4 is 0 Å². The van der Waals surface area contributed by atoms with Gasteiger partial charge in [0.05, 0.1) is 6.61 Å². The Hall–Kier alpha value is -2.54. The molecule has 0 radical (unpaired) electrons. The quantitative estimate of drug-likeness (QED) is 0.124. The summed E-state index contributed by atoms with van der Waals surface area (Å²) < 4.78 is 5.36. The maximum Gasteiger partial charge on any atom is 0.119 e. The van der Waals surface area contributed by atoms with E-state index in [9.17, 15) is 0 Å². The lowest BCUT2D eigenvalue weighted by Gasteiger charge is -2.15. The molecule has 0 amide bonds. The molecule has 0 saturated carbocycles. The van der Waals surface area contributed by atoms with Gasteiger partial charge in [0.25, 0.3) is 0 Å². The molecule has 1 aliphatic carbocycles. The van der Waals surface area contributed by atoms with Crippen LogP contribution in [0.2, 0.25) is 0 Å². The Morgan fingerprint density at radius 2 is 1.15 bits per heavy atom. The molecule has 0 fully saturated rings. The van der Waals surface area contributed by atoms with Crippen LogP contribution in [-0.4, -0.2) is 6.61 Å². The first-order valence-electron chi connectivity index (χ1n) is 16.2. The molecule has 4 rings (SSSR count). The van der Waals surface area contributed by atoms with Crippen molar-refractivity contribution in [3.63, 3.8) is 0 Å². The van der Waals surface area contributed by atoms with Gasteiger partial charge in [-0.15, -0.1) is 0 Å². The van der Waals surface area contributed by atoms with Crippen LogP contribution < -0.4 is 4.74 Å². The molecule has 1 aliphatic rings. The fourth-order valence-electron chi connectivity index (χ4n) is 5.78. The molecule has 0 unspecified atom stereocenters. The predicted molar refractivity (Wildman–Crippen MR) is 171 cm³/mol. The second-order valence-corrected chi connectivity index (χ2v) is 11.3. The van der Waals surface area contributed by atoms with Crippen molar-refractivity contribution in [3.05, 3.63) is 89.0 Å². The summed E-state index contributed by atoms with van der Waals surface area (Å²) in [5.74, 6) is 0.962. The highest BCUT2D eigenvalue weighted by molar-refractivity contribution is 5.78. The number of unbranched alkanes of at least 4 members (excludes halogenated alkanes) is 10. The summed E-state index contributed by atoms with van der Waals surface area (Å²) in [4.78, 5) is 0. The van der Waals surface area contributed by atoms with Crippen molar-refractivity contribution < 1.29 is 4.74 Å². The minimum Gasteiger partial charge on any atom is -0.494 e. The third kappa shape index (κ3) is 10.5. The second-order valence-electron chi connectivity index (χ2n) is 11.3. The first-order valence-corrected chi connectivity index (χ1v) is 16.2. The summed E-state index contributed by atoms with van der Waals surface area (Å²) in [7, 11) is 0. The number of hydrogen-bond acceptors (Lipinski definition) is 1. The fourth-order valence-corrected chi connectivity index (χ4v) is 5.78. The summed E-state index contributed by atoms with van der Waals surface area (Å²) >= 11 is 0. The Morgan fingerprint density at radius 3 is 1.85 bits per heavy atom. The molecule has 3 aromatic rings. The van der Waals surface area contributed by atoms with E-state index in [1.165, 1.54) is 107 Å². The molecule has 39 heavy (non-hydrogen) atoms. The average Bonchev–Trinajstić information content (AvgIpc) is 3.36. The third-order valence-electron chi connectivity index (χ3n) is 8.00. The predicted octanol–water partition coefficient (Wildman–Crippen LogP) is 11.5. The van der Waals surface area contributed by atoms with Crippen molar-refractivity contribution in [2.45, 2.75) is 124 Å². The summed E-state index contributed by atoms with van der Waals surface area (Å²) in [6.45, 7) is 7.52. The summed E-state index contributed by atoms with van der Waals surface area (Å²) in [5, 5.41) is 0. The molecule has 0 saturated heterocycles. The van der Waals surface area contributed by atoms with E-state index in [0.717, 1.165) is 25.2 Å². The van der Waals surface area contributed by atoms with E-state index in [1.807, 2.05) is 30.3 Å². The Morgan fingerprint density at radius 1 is 0.538 bits per heavy atom. The van der Waals surface area contributed by atoms with E-state index in [1.54, 1.807) is 16.7 Å². The molecular formula is C38H54O. The van der Waals surface area contributed by atoms with Crippen molar-refractivity contribution in [1.29, 1.82) is 0 Å². The molecule has 0 spiro atoms. The van der Waals surface area contributed by atoms with Crippen LogP contribution >= 0.6 is 0 Å². The molecule has 212 valence electrons. The van der Waals surface area contributed by atoms with Gasteiger partial charge >= 0.3 is 0 Å². The molecule has 3 aromatic carbocycles. The lowest BCUT2D eigenvalue weighted by molar-refractivity contribution is 0.317. The number of rotatable bonds is 17. The maximum absolute atomic E-state index is 5.36. The molecule has 0 heterocycles. The van der Waals surface area contributed by atoms with Crippen LogP contribution in [0.1, 0.15) is 126 Å². The highest BCUT2D eigenvalue weighted by Crippen LogP contribution is 2.40. The van der Waals surface area contributed by atoms with Gasteiger partial charge in [0.1, 0.15) is 5.75 Å². The number of benzene rings is 3. The number of aryl methyl sites for hydroxylation is 1. The number of fused-ring (bicyclic) bond motifs is 3. The lowest BCUT2D eigenvalue weighted by Crippen LogP contribution is -2.01. The number of para-hydroxylation sites is 1. The van der Waals surface area contributed by atoms with E-state index in [-0.39, 0.29) is 0 Å². The van der Waals surface area contributed by atoms with Gasteiger partial charge in [-0.05, 0) is 84.0 Å². The van der Waals surface area contributed by atoms with Crippen LogP contribution in [0.3, 0.4) is 0 Å². The van der Waals surface area contributed by atoms with Crippen molar-refractivity contribution in [2.24, 2.45) is 0 Å². The molecule has 0 aliphatic heterocycles. The van der Waals surface area contributed by atoms with Crippen molar-refractivity contribution in [3.8, 4) is 16.9 Å². The number of ether oxygens (including phenoxy) is 1. The first kappa shape index (κ1) is 31.0. The molecule has 0 aromatic heterocycles. The van der Waals surface area contributed by atoms with Gasteiger partial charge in [-0.25, -0.2) is 0 Å². The van der Waals surface area contributed by atoms with Crippen LogP contribution in [0.5, 0.6) is 5.75 Å². The zero-order valence-corrected chi connectivity index (χ0v) is 25.3. The second kappa shape index (κ2) is 18.7. The van der Waals surface area contributed by atoms with E-state index < -0.39 is 0 Å². The first-order chi connectivity index (χ1) is 19.3. The minimum absolute atomic E-state index is 0.810. The minimum atomic E-state index is 0.810. The van der Waals surface area contributed by atoms with E-state index >= 15 is 0 Å². The van der Waals surface area contributed by atoms with Gasteiger partial charge < -0.3 is 4.74 Å². The van der Waals surface area contributed by atoms with Crippen LogP contribution in [-0.2, 0) is 19.3 Å². The highest BCUT2D eigenvalue weighted by atomic mass is 16.5. The highest BCUT2D eigenvalue weighted by Gasteiger charge is 2.22. The van der Waals surface area contributed by atoms with E-state index in [0.29, 0.717) is 0 Å². The summed E-state index contributed by atoms with van der Waals surface area (Å²) in [6.07, 6.45) is 21.4. The number of hydrogen-bond donors (Lipinski definition) is 0. The van der Waals surface area contributed by atoms with E-state index in [2.05, 4.69) is 57.2 Å². The smallest absolute Gasteiger partial charge is 0.119 e. The van der Waals surface area contributed by atoms with Gasteiger partial charge in [0.15, 0.2) is 0 Å². The third-order valence-corrected chi connectivity index (χ3v) is 8.00. The van der Waals surface area contributed by atoms with Gasteiger partial charge in [0.2, 0.25) is 0 Å². The SMILES string of the molecule is CCCCCCCCc1ccc2c(c1CCCCCCCC)Cc1ccccc1-2.CCCOc1ccccc1. The van der Waals surface area contributed by atoms with Gasteiger partial charge in [-0.1, -0.05) is 140 Å². The fraction of sp³-hybridized carbons (Fsp3) is 0.526. The molecule has 1 heteroatoms. The topological polar surface area (TPSA) is 9.23 Å². The Bertz CT molecular complexity index is 1050. The molecule has 0 N–H and O–H groups in total. The Balaban J connectivity index is 0.000000353. The van der Waals surface area contributed by atoms with Gasteiger partial charge in [0, 0.05) is 0 Å². The molecule has 0 bridgehead atoms. The molecule has 0 atom stereocenters. The van der Waals surface area contributed by atoms with Crippen LogP contribution in [0, 0.1) is 0 Å². The normalized spacial score (nSPS) is 11.5. The zero-order valence-electron chi connectivity index (χ0n) is 25.3. The average molecular weight is 527 g/mol. The zero-order chi connectivity index (χ0) is 27.5. The Labute approximate surface area is 240 Å². The summed E-state index contributed by atoms with van der Waals surface area (Å²) in [5.41, 5.74) is 9.56. The van der Waals surface area contributed by atoms with Crippen molar-refractivity contribution in [1.82, 2.24) is 0 Å². The maximum atomic E-state index is 5.36. The molecular weight excluding hydrogens is 472 g/mol. The lowest BCUT2D eigenvalue weighted by atomic mass is 9.89. The van der Waals surface area contributed by atoms with Crippen molar-refractivity contribution in [2.75, 3.05) is 6.61 Å². The largest absolute Gasteiger partial charge is 0.494 e. The van der Waals surface area contributed by atoms with Crippen LogP contribution in [0.15, 0.2) is 66.7 Å². The van der Waals surface area contributed by atoms with Gasteiger partial charge in [-0.2, -0.15) is 0 Å². The van der Waals surface area contributed by atoms with Crippen LogP contribution in [0.4, 0.5) is 0 Å². The standard InChI is InChI=1S/C29H42.C9H12O/c1-3-5-7-9-11-13-17-24-21-22-28-27-20-16-15-18-25(27)23-29(28)26(24)19-14-12-10-8-6-4-2;1-2-8-10-9-6-4-3-5-7-9/h15-16,18,20-22H,3-14,17,19,23H2,1-2H3;3-7H,2,8H2,1H3. The Kier molecular flexibility index (Phi) is 14.9. The monoisotopic (exact) mass is 526 g/mol. The van der Waals surface area contributed by atoms with Gasteiger partial charge in [-0.3, -0.25) is 0 Å². The molecule has 1 nitrogen and oxygen atoms in total.